The van der Waals surface area contributed by atoms with E-state index in [4.69, 9.17) is 0 Å². The minimum Gasteiger partial charge on any atom is -0.389 e. The van der Waals surface area contributed by atoms with Crippen LogP contribution in [-0.4, -0.2) is 10.7 Å². The number of hydrogen-bond donors (Lipinski definition) is 1. The Morgan fingerprint density at radius 3 is 2.75 bits per heavy atom. The van der Waals surface area contributed by atoms with Crippen LogP contribution < -0.4 is 0 Å². The van der Waals surface area contributed by atoms with E-state index in [-0.39, 0.29) is 0 Å². The van der Waals surface area contributed by atoms with Crippen LogP contribution in [0.4, 0.5) is 0 Å². The van der Waals surface area contributed by atoms with E-state index in [2.05, 4.69) is 45.9 Å². The third-order valence-corrected chi connectivity index (χ3v) is 9.51. The molecule has 0 aromatic heterocycles. The highest BCUT2D eigenvalue weighted by Crippen LogP contribution is 2.64. The van der Waals surface area contributed by atoms with Gasteiger partial charge in [0.2, 0.25) is 0 Å². The summed E-state index contributed by atoms with van der Waals surface area (Å²) in [5.41, 5.74) is 1.40. The first-order valence-corrected chi connectivity index (χ1v) is 12.4. The Hall–Kier alpha value is -0.560. The molecule has 0 heterocycles. The van der Waals surface area contributed by atoms with Gasteiger partial charge in [0.1, 0.15) is 0 Å². The quantitative estimate of drug-likeness (QED) is 0.527. The Balaban J connectivity index is 1.53. The lowest BCUT2D eigenvalue weighted by atomic mass is 9.52. The van der Waals surface area contributed by atoms with Crippen LogP contribution in [-0.2, 0) is 0 Å². The number of rotatable bonds is 5. The molecular formula is C27H44O. The summed E-state index contributed by atoms with van der Waals surface area (Å²) in [7, 11) is 0. The van der Waals surface area contributed by atoms with Crippen LogP contribution in [0.15, 0.2) is 23.8 Å². The van der Waals surface area contributed by atoms with Gasteiger partial charge in [0, 0.05) is 0 Å². The molecule has 4 aliphatic carbocycles. The maximum atomic E-state index is 12.2. The number of hydrogen-bond acceptors (Lipinski definition) is 1. The average Bonchev–Trinajstić information content (AvgIpc) is 3.00. The first-order valence-electron chi connectivity index (χ1n) is 12.4. The SMILES string of the molecule is CC(C)CCC[C@@H](C)[C@H]1CCC2[C@]3(O)CC=C4C=CCC(C4)CC3CC[C@@]21C. The summed E-state index contributed by atoms with van der Waals surface area (Å²) >= 11 is 0. The van der Waals surface area contributed by atoms with Gasteiger partial charge in [-0.2, -0.15) is 0 Å². The fraction of sp³-hybridized carbons (Fsp3) is 0.852. The molecule has 1 N–H and O–H groups in total. The van der Waals surface area contributed by atoms with Crippen LogP contribution in [0, 0.1) is 40.9 Å². The van der Waals surface area contributed by atoms with Crippen LogP contribution in [0.1, 0.15) is 98.3 Å². The van der Waals surface area contributed by atoms with Gasteiger partial charge in [-0.3, -0.25) is 0 Å². The summed E-state index contributed by atoms with van der Waals surface area (Å²) < 4.78 is 0. The lowest BCUT2D eigenvalue weighted by Gasteiger charge is -2.55. The molecule has 1 nitrogen and oxygen atoms in total. The van der Waals surface area contributed by atoms with Gasteiger partial charge >= 0.3 is 0 Å². The normalized spacial score (nSPS) is 43.7. The second-order valence-corrected chi connectivity index (χ2v) is 11.7. The smallest absolute Gasteiger partial charge is 0.0743 e. The van der Waals surface area contributed by atoms with E-state index < -0.39 is 5.60 Å². The largest absolute Gasteiger partial charge is 0.389 e. The fourth-order valence-corrected chi connectivity index (χ4v) is 8.00. The summed E-state index contributed by atoms with van der Waals surface area (Å²) in [6.45, 7) is 9.78. The molecule has 28 heavy (non-hydrogen) atoms. The first kappa shape index (κ1) is 20.7. The molecule has 2 fully saturated rings. The molecule has 2 saturated carbocycles. The van der Waals surface area contributed by atoms with Crippen LogP contribution in [0.5, 0.6) is 0 Å². The molecule has 4 aliphatic rings. The zero-order valence-corrected chi connectivity index (χ0v) is 18.9. The number of aliphatic hydroxyl groups is 1. The molecule has 3 unspecified atom stereocenters. The molecule has 2 bridgehead atoms. The Morgan fingerprint density at radius 2 is 1.96 bits per heavy atom. The summed E-state index contributed by atoms with van der Waals surface area (Å²) in [4.78, 5) is 0. The molecule has 0 radical (unpaired) electrons. The second kappa shape index (κ2) is 7.93. The molecule has 0 aliphatic heterocycles. The summed E-state index contributed by atoms with van der Waals surface area (Å²) in [5, 5.41) is 12.2. The van der Waals surface area contributed by atoms with Crippen molar-refractivity contribution < 1.29 is 5.11 Å². The van der Waals surface area contributed by atoms with Gasteiger partial charge in [-0.1, -0.05) is 70.8 Å². The van der Waals surface area contributed by atoms with Crippen molar-refractivity contribution in [3.63, 3.8) is 0 Å². The van der Waals surface area contributed by atoms with E-state index in [9.17, 15) is 5.11 Å². The molecule has 158 valence electrons. The standard InChI is InChI=1S/C27H44O/c1-19(2)7-5-8-20(3)24-11-12-25-26(24,4)15-14-23-18-22-10-6-9-21(17-22)13-16-27(23,25)28/h6,9,13,19-20,22-25,28H,5,7-8,10-12,14-18H2,1-4H3/t20-,22?,23?,24-,25?,26-,27+/m1/s1. The average molecular weight is 385 g/mol. The highest BCUT2D eigenvalue weighted by Gasteiger charge is 2.60. The number of allylic oxidation sites excluding steroid dienone is 3. The van der Waals surface area contributed by atoms with E-state index in [1.54, 1.807) is 0 Å². The second-order valence-electron chi connectivity index (χ2n) is 11.7. The van der Waals surface area contributed by atoms with Crippen molar-refractivity contribution in [2.24, 2.45) is 40.9 Å². The highest BCUT2D eigenvalue weighted by atomic mass is 16.3. The van der Waals surface area contributed by atoms with E-state index in [0.717, 1.165) is 30.1 Å². The summed E-state index contributed by atoms with van der Waals surface area (Å²) in [6, 6.07) is 0. The monoisotopic (exact) mass is 384 g/mol. The van der Waals surface area contributed by atoms with Crippen molar-refractivity contribution in [1.29, 1.82) is 0 Å². The Labute approximate surface area is 174 Å². The van der Waals surface area contributed by atoms with E-state index in [0.29, 0.717) is 17.3 Å². The molecule has 7 atom stereocenters. The topological polar surface area (TPSA) is 20.2 Å². The Morgan fingerprint density at radius 1 is 1.14 bits per heavy atom. The lowest BCUT2D eigenvalue weighted by molar-refractivity contribution is -0.151. The van der Waals surface area contributed by atoms with Gasteiger partial charge in [-0.15, -0.1) is 0 Å². The van der Waals surface area contributed by atoms with Crippen molar-refractivity contribution >= 4 is 0 Å². The van der Waals surface area contributed by atoms with Crippen LogP contribution in [0.25, 0.3) is 0 Å². The van der Waals surface area contributed by atoms with Gasteiger partial charge in [0.05, 0.1) is 5.60 Å². The van der Waals surface area contributed by atoms with Gasteiger partial charge in [-0.05, 0) is 92.3 Å². The van der Waals surface area contributed by atoms with Crippen LogP contribution in [0.2, 0.25) is 0 Å². The maximum absolute atomic E-state index is 12.2. The molecule has 0 spiro atoms. The third-order valence-electron chi connectivity index (χ3n) is 9.51. The van der Waals surface area contributed by atoms with Crippen LogP contribution in [0.3, 0.4) is 0 Å². The summed E-state index contributed by atoms with van der Waals surface area (Å²) in [6.07, 6.45) is 21.1. The maximum Gasteiger partial charge on any atom is 0.0743 e. The Kier molecular flexibility index (Phi) is 5.87. The van der Waals surface area contributed by atoms with Crippen molar-refractivity contribution in [3.05, 3.63) is 23.8 Å². The molecule has 0 saturated heterocycles. The molecule has 0 amide bonds. The first-order chi connectivity index (χ1) is 13.3. The predicted molar refractivity (Wildman–Crippen MR) is 119 cm³/mol. The summed E-state index contributed by atoms with van der Waals surface area (Å²) in [5.74, 6) is 4.25. The Bertz CT molecular complexity index is 616. The van der Waals surface area contributed by atoms with Crippen LogP contribution >= 0.6 is 0 Å². The van der Waals surface area contributed by atoms with Crippen molar-refractivity contribution in [3.8, 4) is 0 Å². The van der Waals surface area contributed by atoms with Crippen molar-refractivity contribution in [2.45, 2.75) is 104 Å². The zero-order valence-electron chi connectivity index (χ0n) is 18.9. The minimum atomic E-state index is -0.450. The molecule has 0 aromatic rings. The van der Waals surface area contributed by atoms with E-state index >= 15 is 0 Å². The van der Waals surface area contributed by atoms with Gasteiger partial charge in [0.25, 0.3) is 0 Å². The van der Waals surface area contributed by atoms with Gasteiger partial charge in [-0.25, -0.2) is 0 Å². The zero-order chi connectivity index (χ0) is 19.9. The fourth-order valence-electron chi connectivity index (χ4n) is 8.00. The number of fused-ring (bicyclic) bond motifs is 5. The third kappa shape index (κ3) is 3.66. The van der Waals surface area contributed by atoms with E-state index in [1.807, 2.05) is 0 Å². The van der Waals surface area contributed by atoms with Crippen molar-refractivity contribution in [2.75, 3.05) is 0 Å². The predicted octanol–water partition coefficient (Wildman–Crippen LogP) is 7.31. The van der Waals surface area contributed by atoms with Gasteiger partial charge in [0.15, 0.2) is 0 Å². The molecule has 4 rings (SSSR count). The lowest BCUT2D eigenvalue weighted by Crippen LogP contribution is -2.55. The minimum absolute atomic E-state index is 0.352. The van der Waals surface area contributed by atoms with Gasteiger partial charge < -0.3 is 5.11 Å². The molecular weight excluding hydrogens is 340 g/mol. The molecule has 0 aromatic carbocycles. The van der Waals surface area contributed by atoms with Crippen molar-refractivity contribution in [1.82, 2.24) is 0 Å². The van der Waals surface area contributed by atoms with E-state index in [1.165, 1.54) is 69.8 Å². The molecule has 1 heteroatoms. The highest BCUT2D eigenvalue weighted by molar-refractivity contribution is 5.26.